The van der Waals surface area contributed by atoms with Crippen LogP contribution in [0.1, 0.15) is 21.7 Å². The minimum Gasteiger partial charge on any atom is -0.454 e. The van der Waals surface area contributed by atoms with E-state index >= 15 is 0 Å². The van der Waals surface area contributed by atoms with Crippen LogP contribution in [-0.4, -0.2) is 33.1 Å². The topological polar surface area (TPSA) is 66.2 Å². The molecule has 3 heterocycles. The number of nitrogens with zero attached hydrogens (tertiary/aromatic N) is 3. The Morgan fingerprint density at radius 1 is 1.28 bits per heavy atom. The highest BCUT2D eigenvalue weighted by molar-refractivity contribution is 8.01. The molecular weight excluding hydrogens is 358 g/mol. The van der Waals surface area contributed by atoms with Crippen molar-refractivity contribution in [2.45, 2.75) is 18.2 Å². The van der Waals surface area contributed by atoms with Gasteiger partial charge in [-0.3, -0.25) is 4.79 Å². The van der Waals surface area contributed by atoms with E-state index in [1.54, 1.807) is 5.51 Å². The molecule has 0 spiro atoms. The molecule has 0 bridgehead atoms. The molecule has 0 aliphatic carbocycles. The van der Waals surface area contributed by atoms with Crippen molar-refractivity contribution >= 4 is 28.9 Å². The first-order valence-electron chi connectivity index (χ1n) is 7.64. The molecule has 2 aromatic heterocycles. The molecule has 4 rings (SSSR count). The number of thioether (sulfide) groups is 1. The van der Waals surface area contributed by atoms with Crippen molar-refractivity contribution in [3.8, 4) is 17.2 Å². The largest absolute Gasteiger partial charge is 0.454 e. The number of hydrogen-bond donors (Lipinski definition) is 0. The standard InChI is InChI=1S/C17H15N3O3S2/c1-10-5-13(14(21)7-24-17-19-18-8-25-17)11(2)20(10)12-3-4-15-16(6-12)23-9-22-15/h3-6,8H,7,9H2,1-2H3. The average Bonchev–Trinajstić information content (AvgIpc) is 3.32. The van der Waals surface area contributed by atoms with E-state index in [9.17, 15) is 4.79 Å². The quantitative estimate of drug-likeness (QED) is 0.502. The molecule has 1 aliphatic heterocycles. The van der Waals surface area contributed by atoms with Gasteiger partial charge in [0.1, 0.15) is 5.51 Å². The fraction of sp³-hybridized carbons (Fsp3) is 0.235. The maximum atomic E-state index is 12.6. The molecule has 25 heavy (non-hydrogen) atoms. The Kier molecular flexibility index (Phi) is 4.22. The van der Waals surface area contributed by atoms with E-state index in [0.29, 0.717) is 5.75 Å². The van der Waals surface area contributed by atoms with Crippen LogP contribution in [0.25, 0.3) is 5.69 Å². The van der Waals surface area contributed by atoms with Gasteiger partial charge in [0.15, 0.2) is 21.6 Å². The predicted molar refractivity (Wildman–Crippen MR) is 96.3 cm³/mol. The Morgan fingerprint density at radius 3 is 2.92 bits per heavy atom. The zero-order valence-corrected chi connectivity index (χ0v) is 15.3. The molecule has 0 fully saturated rings. The number of benzene rings is 1. The van der Waals surface area contributed by atoms with Gasteiger partial charge in [0, 0.05) is 28.7 Å². The first-order valence-corrected chi connectivity index (χ1v) is 9.51. The first-order chi connectivity index (χ1) is 12.1. The van der Waals surface area contributed by atoms with E-state index < -0.39 is 0 Å². The Morgan fingerprint density at radius 2 is 2.12 bits per heavy atom. The Balaban J connectivity index is 1.61. The molecule has 1 aromatic carbocycles. The molecule has 8 heteroatoms. The highest BCUT2D eigenvalue weighted by atomic mass is 32.2. The predicted octanol–water partition coefficient (Wildman–Crippen LogP) is 3.65. The normalized spacial score (nSPS) is 12.6. The maximum absolute atomic E-state index is 12.6. The molecule has 3 aromatic rings. The summed E-state index contributed by atoms with van der Waals surface area (Å²) < 4.78 is 13.7. The van der Waals surface area contributed by atoms with Gasteiger partial charge in [-0.15, -0.1) is 10.2 Å². The Bertz CT molecular complexity index is 935. The lowest BCUT2D eigenvalue weighted by molar-refractivity contribution is 0.102. The van der Waals surface area contributed by atoms with Gasteiger partial charge < -0.3 is 14.0 Å². The Hall–Kier alpha value is -2.32. The minimum absolute atomic E-state index is 0.0836. The molecule has 0 saturated carbocycles. The van der Waals surface area contributed by atoms with Crippen LogP contribution in [-0.2, 0) is 0 Å². The van der Waals surface area contributed by atoms with Gasteiger partial charge in [-0.2, -0.15) is 0 Å². The lowest BCUT2D eigenvalue weighted by Crippen LogP contribution is -2.05. The van der Waals surface area contributed by atoms with Crippen molar-refractivity contribution < 1.29 is 14.3 Å². The number of ether oxygens (including phenoxy) is 2. The molecule has 0 amide bonds. The second kappa shape index (κ2) is 6.53. The third kappa shape index (κ3) is 3.03. The summed E-state index contributed by atoms with van der Waals surface area (Å²) in [6.07, 6.45) is 0. The Labute approximate surface area is 152 Å². The first kappa shape index (κ1) is 16.2. The van der Waals surface area contributed by atoms with Crippen molar-refractivity contribution in [1.82, 2.24) is 14.8 Å². The summed E-state index contributed by atoms with van der Waals surface area (Å²) in [5.74, 6) is 1.90. The van der Waals surface area contributed by atoms with E-state index in [2.05, 4.69) is 14.8 Å². The SMILES string of the molecule is Cc1cc(C(=O)CSc2nncs2)c(C)n1-c1ccc2c(c1)OCO2. The summed E-state index contributed by atoms with van der Waals surface area (Å²) in [5, 5.41) is 7.74. The van der Waals surface area contributed by atoms with E-state index in [0.717, 1.165) is 38.5 Å². The van der Waals surface area contributed by atoms with E-state index in [1.165, 1.54) is 23.1 Å². The molecular formula is C17H15N3O3S2. The van der Waals surface area contributed by atoms with Gasteiger partial charge in [-0.1, -0.05) is 23.1 Å². The van der Waals surface area contributed by atoms with Crippen molar-refractivity contribution in [2.75, 3.05) is 12.5 Å². The van der Waals surface area contributed by atoms with Crippen LogP contribution >= 0.6 is 23.1 Å². The van der Waals surface area contributed by atoms with Gasteiger partial charge in [-0.25, -0.2) is 0 Å². The number of carbonyl (C=O) groups is 1. The summed E-state index contributed by atoms with van der Waals surface area (Å²) in [6.45, 7) is 4.20. The second-order valence-corrected chi connectivity index (χ2v) is 7.63. The van der Waals surface area contributed by atoms with Crippen LogP contribution in [0.3, 0.4) is 0 Å². The van der Waals surface area contributed by atoms with Crippen molar-refractivity contribution in [3.63, 3.8) is 0 Å². The van der Waals surface area contributed by atoms with E-state index in [1.807, 2.05) is 38.1 Å². The fourth-order valence-electron chi connectivity index (χ4n) is 2.90. The van der Waals surface area contributed by atoms with Gasteiger partial charge in [0.2, 0.25) is 6.79 Å². The zero-order chi connectivity index (χ0) is 17.4. The number of aryl methyl sites for hydroxylation is 1. The number of hydrogen-bond acceptors (Lipinski definition) is 7. The highest BCUT2D eigenvalue weighted by Crippen LogP contribution is 2.35. The molecule has 128 valence electrons. The maximum Gasteiger partial charge on any atom is 0.231 e. The summed E-state index contributed by atoms with van der Waals surface area (Å²) in [7, 11) is 0. The van der Waals surface area contributed by atoms with Crippen LogP contribution in [0.2, 0.25) is 0 Å². The van der Waals surface area contributed by atoms with Crippen LogP contribution < -0.4 is 9.47 Å². The van der Waals surface area contributed by atoms with Crippen LogP contribution in [0.15, 0.2) is 34.1 Å². The second-order valence-electron chi connectivity index (χ2n) is 5.57. The highest BCUT2D eigenvalue weighted by Gasteiger charge is 2.19. The molecule has 0 N–H and O–H groups in total. The fourth-order valence-corrected chi connectivity index (χ4v) is 4.27. The van der Waals surface area contributed by atoms with Crippen LogP contribution in [0.4, 0.5) is 0 Å². The smallest absolute Gasteiger partial charge is 0.231 e. The number of ketones is 1. The zero-order valence-electron chi connectivity index (χ0n) is 13.7. The molecule has 6 nitrogen and oxygen atoms in total. The van der Waals surface area contributed by atoms with Gasteiger partial charge in [0.25, 0.3) is 0 Å². The number of aromatic nitrogens is 3. The third-order valence-electron chi connectivity index (χ3n) is 4.01. The van der Waals surface area contributed by atoms with Gasteiger partial charge in [0.05, 0.1) is 5.75 Å². The van der Waals surface area contributed by atoms with Crippen molar-refractivity contribution in [3.05, 3.63) is 46.7 Å². The average molecular weight is 373 g/mol. The van der Waals surface area contributed by atoms with E-state index in [4.69, 9.17) is 9.47 Å². The number of rotatable bonds is 5. The number of fused-ring (bicyclic) bond motifs is 1. The summed E-state index contributed by atoms with van der Waals surface area (Å²) in [4.78, 5) is 12.6. The summed E-state index contributed by atoms with van der Waals surface area (Å²) in [5.41, 5.74) is 5.26. The summed E-state index contributed by atoms with van der Waals surface area (Å²) in [6, 6.07) is 7.73. The van der Waals surface area contributed by atoms with Gasteiger partial charge >= 0.3 is 0 Å². The van der Waals surface area contributed by atoms with Crippen LogP contribution in [0, 0.1) is 13.8 Å². The monoisotopic (exact) mass is 373 g/mol. The molecule has 1 aliphatic rings. The lowest BCUT2D eigenvalue weighted by atomic mass is 10.2. The van der Waals surface area contributed by atoms with E-state index in [-0.39, 0.29) is 12.6 Å². The molecule has 0 unspecified atom stereocenters. The third-order valence-corrected chi connectivity index (χ3v) is 5.87. The van der Waals surface area contributed by atoms with Crippen molar-refractivity contribution in [2.24, 2.45) is 0 Å². The molecule has 0 radical (unpaired) electrons. The molecule has 0 atom stereocenters. The number of Topliss-reactive ketones (excluding diaryl/α,β-unsaturated/α-hetero) is 1. The minimum atomic E-state index is 0.0836. The lowest BCUT2D eigenvalue weighted by Gasteiger charge is -2.10. The van der Waals surface area contributed by atoms with Crippen molar-refractivity contribution in [1.29, 1.82) is 0 Å². The van der Waals surface area contributed by atoms with Crippen LogP contribution in [0.5, 0.6) is 11.5 Å². The molecule has 0 saturated heterocycles. The van der Waals surface area contributed by atoms with Gasteiger partial charge in [-0.05, 0) is 32.0 Å². The summed E-state index contributed by atoms with van der Waals surface area (Å²) >= 11 is 2.85. The number of carbonyl (C=O) groups excluding carboxylic acids is 1.